The van der Waals surface area contributed by atoms with E-state index >= 15 is 0 Å². The number of aromatic nitrogens is 1. The van der Waals surface area contributed by atoms with Crippen LogP contribution in [0.1, 0.15) is 32.7 Å². The Balaban J connectivity index is 1.83. The first-order valence-electron chi connectivity index (χ1n) is 7.84. The van der Waals surface area contributed by atoms with Crippen LogP contribution >= 0.6 is 0 Å². The van der Waals surface area contributed by atoms with Crippen molar-refractivity contribution in [3.05, 3.63) is 58.3 Å². The van der Waals surface area contributed by atoms with Gasteiger partial charge in [-0.3, -0.25) is 4.79 Å². The number of carboxylic acids is 1. The summed E-state index contributed by atoms with van der Waals surface area (Å²) in [6.45, 7) is 5.78. The van der Waals surface area contributed by atoms with E-state index in [1.165, 1.54) is 12.1 Å². The molecule has 0 radical (unpaired) electrons. The normalized spacial score (nSPS) is 10.8. The second-order valence-corrected chi connectivity index (χ2v) is 6.12. The van der Waals surface area contributed by atoms with E-state index in [9.17, 15) is 9.59 Å². The molecule has 0 aliphatic rings. The number of carbonyl (C=O) groups is 2. The molecular formula is C19H18N2O4. The summed E-state index contributed by atoms with van der Waals surface area (Å²) in [4.78, 5) is 23.4. The van der Waals surface area contributed by atoms with E-state index < -0.39 is 5.97 Å². The number of aryl methyl sites for hydroxylation is 3. The van der Waals surface area contributed by atoms with Gasteiger partial charge in [0.05, 0.1) is 12.0 Å². The highest BCUT2D eigenvalue weighted by Gasteiger charge is 2.15. The van der Waals surface area contributed by atoms with Crippen molar-refractivity contribution in [3.8, 4) is 0 Å². The smallest absolute Gasteiger partial charge is 0.335 e. The van der Waals surface area contributed by atoms with Crippen LogP contribution < -0.4 is 5.32 Å². The van der Waals surface area contributed by atoms with Gasteiger partial charge >= 0.3 is 5.97 Å². The van der Waals surface area contributed by atoms with Gasteiger partial charge in [-0.05, 0) is 61.7 Å². The van der Waals surface area contributed by atoms with Crippen molar-refractivity contribution in [3.63, 3.8) is 0 Å². The Bertz CT molecular complexity index is 988. The average Bonchev–Trinajstić information content (AvgIpc) is 2.91. The SMILES string of the molecule is Cc1cc2onc(CC(=O)Nc3cc(C(=O)O)ccc3C)c2cc1C. The molecule has 3 aromatic rings. The molecule has 0 aliphatic carbocycles. The highest BCUT2D eigenvalue weighted by molar-refractivity contribution is 5.97. The highest BCUT2D eigenvalue weighted by Crippen LogP contribution is 2.24. The Labute approximate surface area is 144 Å². The molecule has 6 heteroatoms. The van der Waals surface area contributed by atoms with E-state index in [0.717, 1.165) is 22.1 Å². The molecule has 0 spiro atoms. The number of carbonyl (C=O) groups excluding carboxylic acids is 1. The molecule has 0 atom stereocenters. The van der Waals surface area contributed by atoms with Crippen molar-refractivity contribution < 1.29 is 19.2 Å². The molecule has 2 aromatic carbocycles. The Morgan fingerprint density at radius 1 is 1.08 bits per heavy atom. The van der Waals surface area contributed by atoms with E-state index in [0.29, 0.717) is 17.0 Å². The summed E-state index contributed by atoms with van der Waals surface area (Å²) >= 11 is 0. The fourth-order valence-corrected chi connectivity index (χ4v) is 2.61. The zero-order valence-corrected chi connectivity index (χ0v) is 14.2. The number of carboxylic acid groups (broad SMARTS) is 1. The van der Waals surface area contributed by atoms with Crippen molar-refractivity contribution in [2.45, 2.75) is 27.2 Å². The summed E-state index contributed by atoms with van der Waals surface area (Å²) < 4.78 is 5.30. The van der Waals surface area contributed by atoms with Crippen LogP contribution in [0.3, 0.4) is 0 Å². The summed E-state index contributed by atoms with van der Waals surface area (Å²) in [7, 11) is 0. The van der Waals surface area contributed by atoms with E-state index in [1.807, 2.05) is 26.0 Å². The number of fused-ring (bicyclic) bond motifs is 1. The molecule has 1 aromatic heterocycles. The van der Waals surface area contributed by atoms with Crippen molar-refractivity contribution in [1.82, 2.24) is 5.16 Å². The average molecular weight is 338 g/mol. The molecule has 0 bridgehead atoms. The maximum absolute atomic E-state index is 12.4. The first kappa shape index (κ1) is 16.7. The molecule has 0 aliphatic heterocycles. The Hall–Kier alpha value is -3.15. The number of rotatable bonds is 4. The van der Waals surface area contributed by atoms with Gasteiger partial charge in [-0.2, -0.15) is 0 Å². The maximum atomic E-state index is 12.4. The Kier molecular flexibility index (Phi) is 4.27. The third-order valence-electron chi connectivity index (χ3n) is 4.25. The van der Waals surface area contributed by atoms with Crippen molar-refractivity contribution in [2.24, 2.45) is 0 Å². The van der Waals surface area contributed by atoms with Gasteiger partial charge in [0.25, 0.3) is 0 Å². The number of hydrogen-bond acceptors (Lipinski definition) is 4. The molecule has 128 valence electrons. The van der Waals surface area contributed by atoms with Crippen LogP contribution in [0, 0.1) is 20.8 Å². The number of benzene rings is 2. The minimum absolute atomic E-state index is 0.0479. The van der Waals surface area contributed by atoms with Crippen LogP contribution in [-0.4, -0.2) is 22.1 Å². The zero-order chi connectivity index (χ0) is 18.1. The predicted octanol–water partition coefficient (Wildman–Crippen LogP) is 3.63. The summed E-state index contributed by atoms with van der Waals surface area (Å²) in [6.07, 6.45) is 0.0479. The van der Waals surface area contributed by atoms with Crippen LogP contribution in [0.4, 0.5) is 5.69 Å². The van der Waals surface area contributed by atoms with Crippen LogP contribution in [0.15, 0.2) is 34.9 Å². The molecular weight excluding hydrogens is 320 g/mol. The summed E-state index contributed by atoms with van der Waals surface area (Å²) in [5, 5.41) is 16.6. The first-order valence-corrected chi connectivity index (χ1v) is 7.84. The van der Waals surface area contributed by atoms with Crippen LogP contribution in [-0.2, 0) is 11.2 Å². The van der Waals surface area contributed by atoms with E-state index in [4.69, 9.17) is 9.63 Å². The number of amides is 1. The lowest BCUT2D eigenvalue weighted by atomic mass is 10.1. The van der Waals surface area contributed by atoms with Crippen molar-refractivity contribution >= 4 is 28.5 Å². The second-order valence-electron chi connectivity index (χ2n) is 6.12. The molecule has 0 saturated heterocycles. The summed E-state index contributed by atoms with van der Waals surface area (Å²) in [5.74, 6) is -1.32. The summed E-state index contributed by atoms with van der Waals surface area (Å²) in [5.41, 5.74) is 4.79. The monoisotopic (exact) mass is 338 g/mol. The zero-order valence-electron chi connectivity index (χ0n) is 14.2. The number of anilines is 1. The van der Waals surface area contributed by atoms with Gasteiger partial charge in [-0.15, -0.1) is 0 Å². The quantitative estimate of drug-likeness (QED) is 0.758. The fourth-order valence-electron chi connectivity index (χ4n) is 2.61. The lowest BCUT2D eigenvalue weighted by Gasteiger charge is -2.09. The van der Waals surface area contributed by atoms with Gasteiger partial charge in [0.15, 0.2) is 5.58 Å². The number of aromatic carboxylic acids is 1. The Morgan fingerprint density at radius 2 is 1.80 bits per heavy atom. The van der Waals surface area contributed by atoms with E-state index in [-0.39, 0.29) is 17.9 Å². The van der Waals surface area contributed by atoms with Gasteiger partial charge < -0.3 is 14.9 Å². The fraction of sp³-hybridized carbons (Fsp3) is 0.211. The van der Waals surface area contributed by atoms with Gasteiger partial charge in [-0.25, -0.2) is 4.79 Å². The lowest BCUT2D eigenvalue weighted by molar-refractivity contribution is -0.115. The third kappa shape index (κ3) is 3.38. The van der Waals surface area contributed by atoms with Crippen LogP contribution in [0.25, 0.3) is 11.0 Å². The standard InChI is InChI=1S/C19H18N2O4/c1-10-4-5-13(19(23)24)8-15(10)20-18(22)9-16-14-6-11(2)12(3)7-17(14)25-21-16/h4-8H,9H2,1-3H3,(H,20,22)(H,23,24). The molecule has 2 N–H and O–H groups in total. The lowest BCUT2D eigenvalue weighted by Crippen LogP contribution is -2.16. The largest absolute Gasteiger partial charge is 0.478 e. The highest BCUT2D eigenvalue weighted by atomic mass is 16.5. The van der Waals surface area contributed by atoms with Gasteiger partial charge in [0.1, 0.15) is 5.69 Å². The van der Waals surface area contributed by atoms with Gasteiger partial charge in [0, 0.05) is 11.1 Å². The van der Waals surface area contributed by atoms with E-state index in [1.54, 1.807) is 13.0 Å². The van der Waals surface area contributed by atoms with Crippen molar-refractivity contribution in [1.29, 1.82) is 0 Å². The molecule has 0 unspecified atom stereocenters. The first-order chi connectivity index (χ1) is 11.8. The molecule has 0 fully saturated rings. The summed E-state index contributed by atoms with van der Waals surface area (Å²) in [6, 6.07) is 8.48. The Morgan fingerprint density at radius 3 is 2.52 bits per heavy atom. The molecule has 1 amide bonds. The predicted molar refractivity (Wildman–Crippen MR) is 94.0 cm³/mol. The number of hydrogen-bond donors (Lipinski definition) is 2. The molecule has 1 heterocycles. The minimum Gasteiger partial charge on any atom is -0.478 e. The molecule has 0 saturated carbocycles. The second kappa shape index (κ2) is 6.39. The molecule has 25 heavy (non-hydrogen) atoms. The minimum atomic E-state index is -1.04. The number of nitrogens with one attached hydrogen (secondary N) is 1. The molecule has 6 nitrogen and oxygen atoms in total. The van der Waals surface area contributed by atoms with Gasteiger partial charge in [0.2, 0.25) is 5.91 Å². The third-order valence-corrected chi connectivity index (χ3v) is 4.25. The van der Waals surface area contributed by atoms with Crippen LogP contribution in [0.5, 0.6) is 0 Å². The number of nitrogens with zero attached hydrogens (tertiary/aromatic N) is 1. The topological polar surface area (TPSA) is 92.4 Å². The van der Waals surface area contributed by atoms with E-state index in [2.05, 4.69) is 10.5 Å². The van der Waals surface area contributed by atoms with Gasteiger partial charge in [-0.1, -0.05) is 11.2 Å². The van der Waals surface area contributed by atoms with Crippen molar-refractivity contribution in [2.75, 3.05) is 5.32 Å². The maximum Gasteiger partial charge on any atom is 0.335 e. The molecule has 3 rings (SSSR count). The van der Waals surface area contributed by atoms with Crippen LogP contribution in [0.2, 0.25) is 0 Å².